The normalized spacial score (nSPS) is 20.4. The largest absolute Gasteiger partial charge is 0.344 e. The third-order valence-corrected chi connectivity index (χ3v) is 5.89. The van der Waals surface area contributed by atoms with Crippen LogP contribution in [-0.4, -0.2) is 52.8 Å². The van der Waals surface area contributed by atoms with Gasteiger partial charge >= 0.3 is 0 Å². The standard InChI is InChI=1S/C22H30F2N4O3/c1-14(2)21(22(31)26-27-10-3-4-11-27)25-18(29)12-16-8-9-19(30)28(16)13-15-6-5-7-17(23)20(15)24/h5-7,14,16,21H,3-4,8-13H2,1-2H3,(H,25,29)(H,26,31)/t16-,21+/m0/s1. The van der Waals surface area contributed by atoms with Gasteiger partial charge in [0.2, 0.25) is 11.8 Å². The van der Waals surface area contributed by atoms with E-state index in [1.807, 2.05) is 18.9 Å². The molecule has 2 atom stereocenters. The molecule has 1 aromatic carbocycles. The van der Waals surface area contributed by atoms with Crippen LogP contribution in [0.3, 0.4) is 0 Å². The van der Waals surface area contributed by atoms with Gasteiger partial charge in [0.25, 0.3) is 5.91 Å². The first-order valence-corrected chi connectivity index (χ1v) is 10.8. The fraction of sp³-hybridized carbons (Fsp3) is 0.591. The Labute approximate surface area is 181 Å². The fourth-order valence-corrected chi connectivity index (χ4v) is 4.11. The third kappa shape index (κ3) is 5.78. The van der Waals surface area contributed by atoms with Crippen molar-refractivity contribution in [3.63, 3.8) is 0 Å². The monoisotopic (exact) mass is 436 g/mol. The van der Waals surface area contributed by atoms with Crippen LogP contribution < -0.4 is 10.7 Å². The summed E-state index contributed by atoms with van der Waals surface area (Å²) in [5.41, 5.74) is 2.93. The lowest BCUT2D eigenvalue weighted by atomic mass is 10.0. The average molecular weight is 437 g/mol. The van der Waals surface area contributed by atoms with E-state index in [9.17, 15) is 23.2 Å². The lowest BCUT2D eigenvalue weighted by molar-refractivity contribution is -0.134. The van der Waals surface area contributed by atoms with Crippen LogP contribution in [0, 0.1) is 17.6 Å². The molecule has 0 unspecified atom stereocenters. The molecule has 0 aliphatic carbocycles. The third-order valence-electron chi connectivity index (χ3n) is 5.89. The van der Waals surface area contributed by atoms with Crippen molar-refractivity contribution < 1.29 is 23.2 Å². The van der Waals surface area contributed by atoms with E-state index in [2.05, 4.69) is 10.7 Å². The lowest BCUT2D eigenvalue weighted by Crippen LogP contribution is -2.54. The van der Waals surface area contributed by atoms with Crippen molar-refractivity contribution >= 4 is 17.7 Å². The molecule has 2 aliphatic rings. The summed E-state index contributed by atoms with van der Waals surface area (Å²) in [5.74, 6) is -2.87. The van der Waals surface area contributed by atoms with Crippen LogP contribution in [0.4, 0.5) is 8.78 Å². The number of likely N-dealkylation sites (tertiary alicyclic amines) is 1. The molecule has 31 heavy (non-hydrogen) atoms. The number of benzene rings is 1. The fourth-order valence-electron chi connectivity index (χ4n) is 4.11. The molecular formula is C22H30F2N4O3. The number of nitrogens with one attached hydrogen (secondary N) is 2. The highest BCUT2D eigenvalue weighted by atomic mass is 19.2. The molecule has 2 aliphatic heterocycles. The first-order valence-electron chi connectivity index (χ1n) is 10.8. The van der Waals surface area contributed by atoms with Crippen molar-refractivity contribution in [2.75, 3.05) is 13.1 Å². The number of carbonyl (C=O) groups excluding carboxylic acids is 3. The quantitative estimate of drug-likeness (QED) is 0.654. The minimum Gasteiger partial charge on any atom is -0.344 e. The van der Waals surface area contributed by atoms with Gasteiger partial charge in [-0.1, -0.05) is 26.0 Å². The number of hydrogen-bond donors (Lipinski definition) is 2. The Morgan fingerprint density at radius 2 is 1.90 bits per heavy atom. The average Bonchev–Trinajstić information content (AvgIpc) is 3.34. The van der Waals surface area contributed by atoms with Gasteiger partial charge in [-0.3, -0.25) is 19.8 Å². The van der Waals surface area contributed by atoms with Gasteiger partial charge in [0, 0.05) is 44.1 Å². The zero-order chi connectivity index (χ0) is 22.5. The number of amides is 3. The van der Waals surface area contributed by atoms with Crippen LogP contribution in [0.1, 0.15) is 51.5 Å². The summed E-state index contributed by atoms with van der Waals surface area (Å²) in [6, 6.07) is 2.72. The highest BCUT2D eigenvalue weighted by Crippen LogP contribution is 2.25. The first kappa shape index (κ1) is 23.1. The molecule has 0 bridgehead atoms. The lowest BCUT2D eigenvalue weighted by Gasteiger charge is -2.28. The Morgan fingerprint density at radius 1 is 1.19 bits per heavy atom. The van der Waals surface area contributed by atoms with E-state index in [1.54, 1.807) is 0 Å². The van der Waals surface area contributed by atoms with E-state index in [1.165, 1.54) is 17.0 Å². The first-order chi connectivity index (χ1) is 14.8. The van der Waals surface area contributed by atoms with Crippen LogP contribution in [0.15, 0.2) is 18.2 Å². The maximum absolute atomic E-state index is 14.0. The molecule has 1 aromatic rings. The van der Waals surface area contributed by atoms with Crippen molar-refractivity contribution in [2.24, 2.45) is 5.92 Å². The Kier molecular flexibility index (Phi) is 7.59. The zero-order valence-electron chi connectivity index (χ0n) is 18.0. The maximum Gasteiger partial charge on any atom is 0.257 e. The number of hydrazine groups is 1. The van der Waals surface area contributed by atoms with E-state index in [-0.39, 0.29) is 48.6 Å². The van der Waals surface area contributed by atoms with Crippen molar-refractivity contribution in [2.45, 2.75) is 64.6 Å². The Balaban J connectivity index is 1.61. The molecular weight excluding hydrogens is 406 g/mol. The maximum atomic E-state index is 14.0. The molecule has 0 saturated carbocycles. The molecule has 9 heteroatoms. The second-order valence-electron chi connectivity index (χ2n) is 8.59. The van der Waals surface area contributed by atoms with Gasteiger partial charge in [0.15, 0.2) is 11.6 Å². The van der Waals surface area contributed by atoms with Crippen LogP contribution >= 0.6 is 0 Å². The van der Waals surface area contributed by atoms with Gasteiger partial charge in [-0.25, -0.2) is 13.8 Å². The molecule has 0 radical (unpaired) electrons. The summed E-state index contributed by atoms with van der Waals surface area (Å²) < 4.78 is 27.6. The van der Waals surface area contributed by atoms with Crippen molar-refractivity contribution in [1.82, 2.24) is 20.7 Å². The van der Waals surface area contributed by atoms with Gasteiger partial charge in [0.05, 0.1) is 0 Å². The molecule has 0 spiro atoms. The number of nitrogens with zero attached hydrogens (tertiary/aromatic N) is 2. The highest BCUT2D eigenvalue weighted by Gasteiger charge is 2.34. The summed E-state index contributed by atoms with van der Waals surface area (Å²) in [7, 11) is 0. The highest BCUT2D eigenvalue weighted by molar-refractivity contribution is 5.88. The van der Waals surface area contributed by atoms with Gasteiger partial charge in [0.1, 0.15) is 6.04 Å². The van der Waals surface area contributed by atoms with Crippen molar-refractivity contribution in [3.05, 3.63) is 35.4 Å². The molecule has 2 saturated heterocycles. The van der Waals surface area contributed by atoms with E-state index in [0.717, 1.165) is 32.0 Å². The topological polar surface area (TPSA) is 81.8 Å². The van der Waals surface area contributed by atoms with Crippen molar-refractivity contribution in [1.29, 1.82) is 0 Å². The number of hydrogen-bond acceptors (Lipinski definition) is 4. The summed E-state index contributed by atoms with van der Waals surface area (Å²) in [6.45, 7) is 5.20. The SMILES string of the molecule is CC(C)[C@@H](NC(=O)C[C@@H]1CCC(=O)N1Cc1cccc(F)c1F)C(=O)NN1CCCC1. The van der Waals surface area contributed by atoms with E-state index < -0.39 is 23.7 Å². The van der Waals surface area contributed by atoms with Gasteiger partial charge in [-0.15, -0.1) is 0 Å². The van der Waals surface area contributed by atoms with E-state index in [4.69, 9.17) is 0 Å². The van der Waals surface area contributed by atoms with E-state index >= 15 is 0 Å². The Bertz CT molecular complexity index is 827. The van der Waals surface area contributed by atoms with E-state index in [0.29, 0.717) is 6.42 Å². The molecule has 2 fully saturated rings. The molecule has 0 aromatic heterocycles. The van der Waals surface area contributed by atoms with Gasteiger partial charge in [-0.05, 0) is 31.2 Å². The van der Waals surface area contributed by atoms with Crippen LogP contribution in [0.2, 0.25) is 0 Å². The van der Waals surface area contributed by atoms with Crippen LogP contribution in [0.25, 0.3) is 0 Å². The van der Waals surface area contributed by atoms with Crippen molar-refractivity contribution in [3.8, 4) is 0 Å². The summed E-state index contributed by atoms with van der Waals surface area (Å²) in [6.07, 6.45) is 2.75. The molecule has 3 amide bonds. The minimum atomic E-state index is -0.983. The smallest absolute Gasteiger partial charge is 0.257 e. The second-order valence-corrected chi connectivity index (χ2v) is 8.59. The summed E-state index contributed by atoms with van der Waals surface area (Å²) >= 11 is 0. The molecule has 2 N–H and O–H groups in total. The zero-order valence-corrected chi connectivity index (χ0v) is 18.0. The summed E-state index contributed by atoms with van der Waals surface area (Å²) in [5, 5.41) is 4.64. The van der Waals surface area contributed by atoms with Crippen LogP contribution in [0.5, 0.6) is 0 Å². The summed E-state index contributed by atoms with van der Waals surface area (Å²) in [4.78, 5) is 39.1. The predicted octanol–water partition coefficient (Wildman–Crippen LogP) is 2.11. The Hall–Kier alpha value is -2.55. The molecule has 7 nitrogen and oxygen atoms in total. The predicted molar refractivity (Wildman–Crippen MR) is 110 cm³/mol. The molecule has 2 heterocycles. The minimum absolute atomic E-state index is 0.00287. The second kappa shape index (κ2) is 10.2. The Morgan fingerprint density at radius 3 is 2.58 bits per heavy atom. The number of carbonyl (C=O) groups is 3. The number of rotatable bonds is 8. The number of halogens is 2. The van der Waals surface area contributed by atoms with Gasteiger partial charge < -0.3 is 10.2 Å². The molecule has 3 rings (SSSR count). The molecule has 170 valence electrons. The van der Waals surface area contributed by atoms with Crippen LogP contribution in [-0.2, 0) is 20.9 Å². The van der Waals surface area contributed by atoms with Gasteiger partial charge in [-0.2, -0.15) is 0 Å².